The normalized spacial score (nSPS) is 12.4. The Morgan fingerprint density at radius 3 is 3.00 bits per heavy atom. The molecule has 0 aliphatic rings. The SMILES string of the molecule is CNC(C)c1cc(Br)ccc1OCCn1cccn1. The summed E-state index contributed by atoms with van der Waals surface area (Å²) < 4.78 is 8.79. The molecule has 102 valence electrons. The van der Waals surface area contributed by atoms with E-state index in [4.69, 9.17) is 4.74 Å². The van der Waals surface area contributed by atoms with E-state index < -0.39 is 0 Å². The van der Waals surface area contributed by atoms with Crippen LogP contribution >= 0.6 is 15.9 Å². The second kappa shape index (κ2) is 6.73. The van der Waals surface area contributed by atoms with Crippen molar-refractivity contribution in [1.29, 1.82) is 0 Å². The van der Waals surface area contributed by atoms with E-state index in [2.05, 4.69) is 39.3 Å². The predicted molar refractivity (Wildman–Crippen MR) is 79.3 cm³/mol. The summed E-state index contributed by atoms with van der Waals surface area (Å²) in [7, 11) is 1.94. The summed E-state index contributed by atoms with van der Waals surface area (Å²) >= 11 is 3.50. The van der Waals surface area contributed by atoms with E-state index in [9.17, 15) is 0 Å². The second-order valence-corrected chi connectivity index (χ2v) is 5.23. The fourth-order valence-corrected chi connectivity index (χ4v) is 2.21. The molecule has 1 unspecified atom stereocenters. The van der Waals surface area contributed by atoms with Crippen LogP contribution in [0.5, 0.6) is 5.75 Å². The molecule has 1 aromatic heterocycles. The van der Waals surface area contributed by atoms with Crippen LogP contribution in [0.1, 0.15) is 18.5 Å². The number of nitrogens with one attached hydrogen (secondary N) is 1. The molecule has 1 aromatic carbocycles. The van der Waals surface area contributed by atoms with Gasteiger partial charge in [-0.3, -0.25) is 4.68 Å². The molecule has 2 aromatic rings. The van der Waals surface area contributed by atoms with Crippen LogP contribution in [0.2, 0.25) is 0 Å². The van der Waals surface area contributed by atoms with Crippen molar-refractivity contribution in [3.63, 3.8) is 0 Å². The van der Waals surface area contributed by atoms with Gasteiger partial charge in [0, 0.05) is 28.5 Å². The first-order valence-corrected chi connectivity index (χ1v) is 7.07. The number of ether oxygens (including phenoxy) is 1. The molecular weight excluding hydrogens is 306 g/mol. The molecule has 19 heavy (non-hydrogen) atoms. The molecule has 1 N–H and O–H groups in total. The van der Waals surface area contributed by atoms with Crippen LogP contribution in [0, 0.1) is 0 Å². The maximum Gasteiger partial charge on any atom is 0.124 e. The Balaban J connectivity index is 2.02. The molecule has 0 aliphatic heterocycles. The molecule has 4 nitrogen and oxygen atoms in total. The molecule has 1 heterocycles. The number of benzene rings is 1. The van der Waals surface area contributed by atoms with E-state index in [1.165, 1.54) is 0 Å². The van der Waals surface area contributed by atoms with Gasteiger partial charge in [0.15, 0.2) is 0 Å². The van der Waals surface area contributed by atoms with Crippen molar-refractivity contribution in [3.8, 4) is 5.75 Å². The number of aromatic nitrogens is 2. The number of nitrogens with zero attached hydrogens (tertiary/aromatic N) is 2. The summed E-state index contributed by atoms with van der Waals surface area (Å²) in [5, 5.41) is 7.39. The summed E-state index contributed by atoms with van der Waals surface area (Å²) in [4.78, 5) is 0. The van der Waals surface area contributed by atoms with Gasteiger partial charge in [-0.15, -0.1) is 0 Å². The summed E-state index contributed by atoms with van der Waals surface area (Å²) in [5.41, 5.74) is 1.15. The Hall–Kier alpha value is -1.33. The minimum absolute atomic E-state index is 0.247. The largest absolute Gasteiger partial charge is 0.491 e. The molecule has 2 rings (SSSR count). The van der Waals surface area contributed by atoms with Gasteiger partial charge in [-0.2, -0.15) is 5.10 Å². The van der Waals surface area contributed by atoms with Gasteiger partial charge in [0.25, 0.3) is 0 Å². The molecule has 0 radical (unpaired) electrons. The number of hydrogen-bond acceptors (Lipinski definition) is 3. The molecule has 0 saturated carbocycles. The molecule has 1 atom stereocenters. The molecule has 0 aliphatic carbocycles. The maximum atomic E-state index is 5.87. The summed E-state index contributed by atoms with van der Waals surface area (Å²) in [5.74, 6) is 0.914. The van der Waals surface area contributed by atoms with Gasteiger partial charge in [0.2, 0.25) is 0 Å². The van der Waals surface area contributed by atoms with Crippen molar-refractivity contribution in [2.45, 2.75) is 19.5 Å². The number of hydrogen-bond donors (Lipinski definition) is 1. The highest BCUT2D eigenvalue weighted by Crippen LogP contribution is 2.28. The smallest absolute Gasteiger partial charge is 0.124 e. The molecule has 0 saturated heterocycles. The summed E-state index contributed by atoms with van der Waals surface area (Å²) in [6.45, 7) is 3.46. The fourth-order valence-electron chi connectivity index (χ4n) is 1.83. The third-order valence-electron chi connectivity index (χ3n) is 3.01. The van der Waals surface area contributed by atoms with Gasteiger partial charge in [0.05, 0.1) is 6.54 Å². The summed E-state index contributed by atoms with van der Waals surface area (Å²) in [6, 6.07) is 8.24. The van der Waals surface area contributed by atoms with E-state index in [0.29, 0.717) is 6.61 Å². The molecule has 5 heteroatoms. The zero-order valence-electron chi connectivity index (χ0n) is 11.1. The molecule has 0 spiro atoms. The van der Waals surface area contributed by atoms with E-state index in [1.54, 1.807) is 6.20 Å². The van der Waals surface area contributed by atoms with Crippen LogP contribution < -0.4 is 10.1 Å². The Kier molecular flexibility index (Phi) is 4.99. The Morgan fingerprint density at radius 1 is 1.47 bits per heavy atom. The quantitative estimate of drug-likeness (QED) is 0.888. The van der Waals surface area contributed by atoms with Crippen molar-refractivity contribution >= 4 is 15.9 Å². The molecule has 0 fully saturated rings. The van der Waals surface area contributed by atoms with E-state index >= 15 is 0 Å². The van der Waals surface area contributed by atoms with Gasteiger partial charge in [-0.05, 0) is 38.2 Å². The standard InChI is InChI=1S/C14H18BrN3O/c1-11(16-2)13-10-12(15)4-5-14(13)19-9-8-18-7-3-6-17-18/h3-7,10-11,16H,8-9H2,1-2H3. The van der Waals surface area contributed by atoms with E-state index in [1.807, 2.05) is 36.1 Å². The molecule has 0 bridgehead atoms. The second-order valence-electron chi connectivity index (χ2n) is 4.31. The van der Waals surface area contributed by atoms with E-state index in [-0.39, 0.29) is 6.04 Å². The lowest BCUT2D eigenvalue weighted by atomic mass is 10.1. The van der Waals surface area contributed by atoms with Crippen molar-refractivity contribution in [2.75, 3.05) is 13.7 Å². The minimum atomic E-state index is 0.247. The fraction of sp³-hybridized carbons (Fsp3) is 0.357. The van der Waals surface area contributed by atoms with Crippen LogP contribution in [0.15, 0.2) is 41.1 Å². The lowest BCUT2D eigenvalue weighted by Gasteiger charge is -2.17. The number of halogens is 1. The van der Waals surface area contributed by atoms with Crippen molar-refractivity contribution < 1.29 is 4.74 Å². The first-order chi connectivity index (χ1) is 9.20. The first-order valence-electron chi connectivity index (χ1n) is 6.27. The zero-order valence-corrected chi connectivity index (χ0v) is 12.7. The first kappa shape index (κ1) is 14.1. The highest BCUT2D eigenvalue weighted by molar-refractivity contribution is 9.10. The van der Waals surface area contributed by atoms with Gasteiger partial charge in [-0.25, -0.2) is 0 Å². The van der Waals surface area contributed by atoms with Crippen LogP contribution in [-0.2, 0) is 6.54 Å². The van der Waals surface area contributed by atoms with Gasteiger partial charge < -0.3 is 10.1 Å². The van der Waals surface area contributed by atoms with Gasteiger partial charge >= 0.3 is 0 Å². The number of rotatable bonds is 6. The third-order valence-corrected chi connectivity index (χ3v) is 3.50. The van der Waals surface area contributed by atoms with Crippen molar-refractivity contribution in [3.05, 3.63) is 46.7 Å². The Morgan fingerprint density at radius 2 is 2.32 bits per heavy atom. The Bertz CT molecular complexity index is 513. The van der Waals surface area contributed by atoms with Crippen LogP contribution in [0.25, 0.3) is 0 Å². The predicted octanol–water partition coefficient (Wildman–Crippen LogP) is 3.01. The highest BCUT2D eigenvalue weighted by atomic mass is 79.9. The lowest BCUT2D eigenvalue weighted by Crippen LogP contribution is -2.15. The van der Waals surface area contributed by atoms with Crippen LogP contribution in [-0.4, -0.2) is 23.4 Å². The van der Waals surface area contributed by atoms with Gasteiger partial charge in [0.1, 0.15) is 12.4 Å². The summed E-state index contributed by atoms with van der Waals surface area (Å²) in [6.07, 6.45) is 3.70. The van der Waals surface area contributed by atoms with E-state index in [0.717, 1.165) is 22.3 Å². The maximum absolute atomic E-state index is 5.87. The minimum Gasteiger partial charge on any atom is -0.491 e. The average molecular weight is 324 g/mol. The van der Waals surface area contributed by atoms with Gasteiger partial charge in [-0.1, -0.05) is 15.9 Å². The third kappa shape index (κ3) is 3.81. The van der Waals surface area contributed by atoms with Crippen LogP contribution in [0.4, 0.5) is 0 Å². The van der Waals surface area contributed by atoms with Crippen molar-refractivity contribution in [1.82, 2.24) is 15.1 Å². The highest BCUT2D eigenvalue weighted by Gasteiger charge is 2.10. The van der Waals surface area contributed by atoms with Crippen molar-refractivity contribution in [2.24, 2.45) is 0 Å². The molecular formula is C14H18BrN3O. The topological polar surface area (TPSA) is 39.1 Å². The molecule has 0 amide bonds. The monoisotopic (exact) mass is 323 g/mol. The lowest BCUT2D eigenvalue weighted by molar-refractivity contribution is 0.286. The Labute approximate surface area is 121 Å². The van der Waals surface area contributed by atoms with Crippen LogP contribution in [0.3, 0.4) is 0 Å². The zero-order chi connectivity index (χ0) is 13.7. The average Bonchev–Trinajstić information content (AvgIpc) is 2.92.